The number of rotatable bonds is 5. The van der Waals surface area contributed by atoms with Crippen molar-refractivity contribution >= 4 is 0 Å². The lowest BCUT2D eigenvalue weighted by atomic mass is 9.58. The molecule has 2 nitrogen and oxygen atoms in total. The van der Waals surface area contributed by atoms with Crippen LogP contribution in [0.25, 0.3) is 0 Å². The molecule has 2 aromatic rings. The molecule has 0 unspecified atom stereocenters. The van der Waals surface area contributed by atoms with Gasteiger partial charge in [0, 0.05) is 18.9 Å². The van der Waals surface area contributed by atoms with Crippen molar-refractivity contribution in [1.82, 2.24) is 9.55 Å². The first kappa shape index (κ1) is 15.0. The fourth-order valence-corrected chi connectivity index (χ4v) is 5.28. The maximum Gasteiger partial charge on any atom is 0.0945 e. The van der Waals surface area contributed by atoms with Gasteiger partial charge in [0.25, 0.3) is 0 Å². The molecule has 23 heavy (non-hydrogen) atoms. The number of benzene rings is 1. The zero-order valence-electron chi connectivity index (χ0n) is 14.3. The van der Waals surface area contributed by atoms with Crippen LogP contribution in [0, 0.1) is 5.92 Å². The second-order valence-electron chi connectivity index (χ2n) is 7.72. The van der Waals surface area contributed by atoms with Crippen molar-refractivity contribution in [1.29, 1.82) is 0 Å². The Hall–Kier alpha value is -1.57. The molecule has 1 aromatic carbocycles. The molecule has 2 aliphatic rings. The van der Waals surface area contributed by atoms with Gasteiger partial charge in [0.2, 0.25) is 0 Å². The van der Waals surface area contributed by atoms with Crippen LogP contribution in [0.5, 0.6) is 0 Å². The first-order chi connectivity index (χ1) is 11.3. The number of aryl methyl sites for hydroxylation is 1. The first-order valence-electron chi connectivity index (χ1n) is 9.38. The van der Waals surface area contributed by atoms with Crippen LogP contribution >= 0.6 is 0 Å². The molecule has 4 rings (SSSR count). The molecule has 0 spiro atoms. The number of nitrogens with zero attached hydrogens (tertiary/aromatic N) is 2. The Balaban J connectivity index is 1.70. The number of hydrogen-bond donors (Lipinski definition) is 0. The molecule has 122 valence electrons. The molecule has 0 bridgehead atoms. The zero-order chi connectivity index (χ0) is 15.7. The SMILES string of the molecule is CCCC[C@@]12CCCc3cccc(c31)C[C@H](Cn1ccnc1)C2. The van der Waals surface area contributed by atoms with Crippen LogP contribution in [0.4, 0.5) is 0 Å². The van der Waals surface area contributed by atoms with Gasteiger partial charge in [-0.1, -0.05) is 38.0 Å². The summed E-state index contributed by atoms with van der Waals surface area (Å²) in [5.74, 6) is 0.752. The maximum absolute atomic E-state index is 4.23. The highest BCUT2D eigenvalue weighted by Gasteiger charge is 2.42. The van der Waals surface area contributed by atoms with Gasteiger partial charge in [-0.2, -0.15) is 0 Å². The molecule has 2 heteroatoms. The molecule has 0 aliphatic heterocycles. The molecule has 0 saturated carbocycles. The van der Waals surface area contributed by atoms with E-state index in [1.165, 1.54) is 51.4 Å². The van der Waals surface area contributed by atoms with Crippen molar-refractivity contribution in [3.63, 3.8) is 0 Å². The van der Waals surface area contributed by atoms with E-state index in [1.807, 2.05) is 12.5 Å². The summed E-state index contributed by atoms with van der Waals surface area (Å²) in [7, 11) is 0. The van der Waals surface area contributed by atoms with Crippen LogP contribution in [0.3, 0.4) is 0 Å². The van der Waals surface area contributed by atoms with Crippen LogP contribution in [0.15, 0.2) is 36.9 Å². The van der Waals surface area contributed by atoms with Crippen LogP contribution in [-0.4, -0.2) is 9.55 Å². The molecule has 2 aliphatic carbocycles. The van der Waals surface area contributed by atoms with Gasteiger partial charge in [0.15, 0.2) is 0 Å². The minimum Gasteiger partial charge on any atom is -0.337 e. The van der Waals surface area contributed by atoms with E-state index in [-0.39, 0.29) is 0 Å². The Morgan fingerprint density at radius 1 is 1.30 bits per heavy atom. The monoisotopic (exact) mass is 308 g/mol. The molecule has 0 radical (unpaired) electrons. The summed E-state index contributed by atoms with van der Waals surface area (Å²) in [5.41, 5.74) is 5.53. The largest absolute Gasteiger partial charge is 0.337 e. The lowest BCUT2D eigenvalue weighted by Crippen LogP contribution is -2.39. The van der Waals surface area contributed by atoms with Gasteiger partial charge < -0.3 is 4.57 Å². The third kappa shape index (κ3) is 2.73. The molecular formula is C21H28N2. The van der Waals surface area contributed by atoms with E-state index < -0.39 is 0 Å². The van der Waals surface area contributed by atoms with Crippen molar-refractivity contribution in [2.45, 2.75) is 70.3 Å². The molecule has 0 fully saturated rings. The molecular weight excluding hydrogens is 280 g/mol. The third-order valence-electron chi connectivity index (χ3n) is 6.09. The average Bonchev–Trinajstić information content (AvgIpc) is 3.06. The van der Waals surface area contributed by atoms with Crippen LogP contribution < -0.4 is 0 Å². The first-order valence-corrected chi connectivity index (χ1v) is 9.38. The van der Waals surface area contributed by atoms with Crippen LogP contribution in [0.2, 0.25) is 0 Å². The van der Waals surface area contributed by atoms with Gasteiger partial charge in [-0.05, 0) is 66.5 Å². The van der Waals surface area contributed by atoms with Crippen LogP contribution in [0.1, 0.15) is 62.1 Å². The molecule has 0 saturated heterocycles. The molecule has 1 aromatic heterocycles. The Morgan fingerprint density at radius 3 is 3.04 bits per heavy atom. The maximum atomic E-state index is 4.23. The lowest BCUT2D eigenvalue weighted by molar-refractivity contribution is 0.215. The lowest BCUT2D eigenvalue weighted by Gasteiger charge is -2.47. The Morgan fingerprint density at radius 2 is 2.22 bits per heavy atom. The van der Waals surface area contributed by atoms with E-state index >= 15 is 0 Å². The average molecular weight is 308 g/mol. The molecule has 0 amide bonds. The fraction of sp³-hybridized carbons (Fsp3) is 0.571. The van der Waals surface area contributed by atoms with E-state index in [4.69, 9.17) is 0 Å². The predicted molar refractivity (Wildman–Crippen MR) is 94.6 cm³/mol. The summed E-state index contributed by atoms with van der Waals surface area (Å²) in [4.78, 5) is 4.23. The van der Waals surface area contributed by atoms with Gasteiger partial charge >= 0.3 is 0 Å². The van der Waals surface area contributed by atoms with Crippen molar-refractivity contribution in [3.8, 4) is 0 Å². The summed E-state index contributed by atoms with van der Waals surface area (Å²) in [6.45, 7) is 3.45. The number of aromatic nitrogens is 2. The summed E-state index contributed by atoms with van der Waals surface area (Å²) in [6, 6.07) is 7.10. The highest BCUT2D eigenvalue weighted by Crippen LogP contribution is 2.51. The van der Waals surface area contributed by atoms with E-state index in [9.17, 15) is 0 Å². The van der Waals surface area contributed by atoms with Crippen molar-refractivity contribution in [2.24, 2.45) is 5.92 Å². The number of hydrogen-bond acceptors (Lipinski definition) is 1. The van der Waals surface area contributed by atoms with E-state index in [2.05, 4.69) is 40.9 Å². The van der Waals surface area contributed by atoms with Gasteiger partial charge in [0.1, 0.15) is 0 Å². The van der Waals surface area contributed by atoms with Gasteiger partial charge in [0.05, 0.1) is 6.33 Å². The third-order valence-corrected chi connectivity index (χ3v) is 6.09. The summed E-state index contributed by atoms with van der Waals surface area (Å²) in [5, 5.41) is 0. The van der Waals surface area contributed by atoms with Crippen molar-refractivity contribution in [3.05, 3.63) is 53.6 Å². The molecule has 0 N–H and O–H groups in total. The quantitative estimate of drug-likeness (QED) is 0.767. The minimum absolute atomic E-state index is 0.462. The van der Waals surface area contributed by atoms with Crippen molar-refractivity contribution < 1.29 is 0 Å². The van der Waals surface area contributed by atoms with E-state index in [0.29, 0.717) is 5.41 Å². The Labute approximate surface area is 139 Å². The molecule has 1 heterocycles. The van der Waals surface area contributed by atoms with Crippen LogP contribution in [-0.2, 0) is 24.8 Å². The highest BCUT2D eigenvalue weighted by atomic mass is 15.0. The van der Waals surface area contributed by atoms with E-state index in [1.54, 1.807) is 16.7 Å². The Bertz CT molecular complexity index is 658. The zero-order valence-corrected chi connectivity index (χ0v) is 14.3. The number of unbranched alkanes of at least 4 members (excludes halogenated alkanes) is 1. The predicted octanol–water partition coefficient (Wildman–Crippen LogP) is 4.91. The second-order valence-corrected chi connectivity index (χ2v) is 7.72. The normalized spacial score (nSPS) is 26.0. The topological polar surface area (TPSA) is 17.8 Å². The summed E-state index contributed by atoms with van der Waals surface area (Å²) < 4.78 is 2.27. The van der Waals surface area contributed by atoms with E-state index in [0.717, 1.165) is 12.5 Å². The minimum atomic E-state index is 0.462. The molecule has 2 atom stereocenters. The highest BCUT2D eigenvalue weighted by molar-refractivity contribution is 5.45. The van der Waals surface area contributed by atoms with Gasteiger partial charge in [-0.25, -0.2) is 4.98 Å². The van der Waals surface area contributed by atoms with Gasteiger partial charge in [-0.15, -0.1) is 0 Å². The summed E-state index contributed by atoms with van der Waals surface area (Å²) in [6.07, 6.45) is 16.7. The number of imidazole rings is 1. The summed E-state index contributed by atoms with van der Waals surface area (Å²) >= 11 is 0. The van der Waals surface area contributed by atoms with Crippen molar-refractivity contribution in [2.75, 3.05) is 0 Å². The van der Waals surface area contributed by atoms with Gasteiger partial charge in [-0.3, -0.25) is 0 Å². The fourth-order valence-electron chi connectivity index (χ4n) is 5.28. The standard InChI is InChI=1S/C21H28N2/c1-2-3-9-21-10-5-8-18-6-4-7-19(20(18)21)13-17(14-21)15-23-12-11-22-16-23/h4,6-7,11-12,16-17H,2-3,5,8-10,13-15H2,1H3/t17-,21-/m0/s1. The second kappa shape index (κ2) is 6.14. The smallest absolute Gasteiger partial charge is 0.0945 e. The Kier molecular flexibility index (Phi) is 4.00.